The lowest BCUT2D eigenvalue weighted by molar-refractivity contribution is -0.115. The number of para-hydroxylation sites is 1. The molecule has 0 amide bonds. The summed E-state index contributed by atoms with van der Waals surface area (Å²) in [5, 5.41) is 0. The number of carbonyl (C=O) groups excluding carboxylic acids is 1. The van der Waals surface area contributed by atoms with Crippen LogP contribution >= 0.6 is 0 Å². The maximum Gasteiger partial charge on any atom is 0.158 e. The molecule has 0 unspecified atom stereocenters. The first kappa shape index (κ1) is 20.5. The lowest BCUT2D eigenvalue weighted by atomic mass is 9.96. The summed E-state index contributed by atoms with van der Waals surface area (Å²) >= 11 is 0. The zero-order valence-electron chi connectivity index (χ0n) is 16.5. The molecule has 0 aromatic heterocycles. The van der Waals surface area contributed by atoms with E-state index in [-0.39, 0.29) is 0 Å². The van der Waals surface area contributed by atoms with Gasteiger partial charge in [0.2, 0.25) is 0 Å². The van der Waals surface area contributed by atoms with Crippen molar-refractivity contribution < 1.29 is 4.79 Å². The van der Waals surface area contributed by atoms with Crippen LogP contribution in [0, 0.1) is 0 Å². The minimum atomic E-state index is 0.356. The van der Waals surface area contributed by atoms with Gasteiger partial charge in [0.1, 0.15) is 0 Å². The van der Waals surface area contributed by atoms with Gasteiger partial charge in [0, 0.05) is 25.4 Å². The molecule has 0 aliphatic heterocycles. The van der Waals surface area contributed by atoms with Crippen molar-refractivity contribution in [2.45, 2.75) is 77.0 Å². The van der Waals surface area contributed by atoms with Gasteiger partial charge < -0.3 is 4.90 Å². The first-order valence-corrected chi connectivity index (χ1v) is 10.5. The molecule has 0 heterocycles. The molecular formula is C24H35NO. The summed E-state index contributed by atoms with van der Waals surface area (Å²) in [6.07, 6.45) is 20.5. The Bertz CT molecular complexity index is 573. The average molecular weight is 354 g/mol. The molecule has 0 saturated heterocycles. The van der Waals surface area contributed by atoms with Crippen molar-refractivity contribution in [1.82, 2.24) is 0 Å². The second-order valence-corrected chi connectivity index (χ2v) is 7.44. The molecular weight excluding hydrogens is 318 g/mol. The van der Waals surface area contributed by atoms with E-state index in [1.807, 2.05) is 43.6 Å². The molecule has 2 nitrogen and oxygen atoms in total. The number of Topliss-reactive ketones (excluding diaryl/α,β-unsaturated/α-hetero) is 1. The number of nitrogens with zero attached hydrogens (tertiary/aromatic N) is 1. The summed E-state index contributed by atoms with van der Waals surface area (Å²) in [5.41, 5.74) is 2.17. The highest BCUT2D eigenvalue weighted by molar-refractivity contribution is 5.95. The number of carbonyl (C=O) groups is 1. The fourth-order valence-corrected chi connectivity index (χ4v) is 3.53. The molecule has 0 bridgehead atoms. The van der Waals surface area contributed by atoms with Gasteiger partial charge in [0.15, 0.2) is 5.78 Å². The normalized spacial score (nSPS) is 20.2. The van der Waals surface area contributed by atoms with E-state index in [0.29, 0.717) is 12.2 Å². The van der Waals surface area contributed by atoms with Crippen LogP contribution in [0.25, 0.3) is 0 Å². The smallest absolute Gasteiger partial charge is 0.158 e. The minimum absolute atomic E-state index is 0.356. The summed E-state index contributed by atoms with van der Waals surface area (Å²) in [6.45, 7) is 0. The number of benzene rings is 1. The van der Waals surface area contributed by atoms with Crippen molar-refractivity contribution in [1.29, 1.82) is 0 Å². The average Bonchev–Trinajstić information content (AvgIpc) is 2.67. The summed E-state index contributed by atoms with van der Waals surface area (Å²) in [7, 11) is 2.04. The number of hydrogen-bond donors (Lipinski definition) is 0. The number of ketones is 1. The van der Waals surface area contributed by atoms with Crippen molar-refractivity contribution in [2.24, 2.45) is 0 Å². The first-order valence-electron chi connectivity index (χ1n) is 10.5. The van der Waals surface area contributed by atoms with Crippen LogP contribution in [0.4, 0.5) is 5.69 Å². The third-order valence-corrected chi connectivity index (χ3v) is 5.23. The van der Waals surface area contributed by atoms with Gasteiger partial charge >= 0.3 is 0 Å². The van der Waals surface area contributed by atoms with Gasteiger partial charge in [-0.1, -0.05) is 75.6 Å². The Morgan fingerprint density at radius 2 is 1.31 bits per heavy atom. The Kier molecular flexibility index (Phi) is 9.86. The molecule has 26 heavy (non-hydrogen) atoms. The van der Waals surface area contributed by atoms with Gasteiger partial charge in [0.05, 0.1) is 0 Å². The van der Waals surface area contributed by atoms with Gasteiger partial charge in [-0.3, -0.25) is 4.79 Å². The Morgan fingerprint density at radius 3 is 1.92 bits per heavy atom. The Morgan fingerprint density at radius 1 is 0.769 bits per heavy atom. The topological polar surface area (TPSA) is 20.3 Å². The van der Waals surface area contributed by atoms with Crippen molar-refractivity contribution >= 4 is 11.5 Å². The molecule has 2 rings (SSSR count). The monoisotopic (exact) mass is 353 g/mol. The SMILES string of the molecule is CN(/C=C/C=C1/CCCCCCCCCCCCC1=O)c1ccccc1. The predicted octanol–water partition coefficient (Wildman–Crippen LogP) is 6.83. The third-order valence-electron chi connectivity index (χ3n) is 5.23. The van der Waals surface area contributed by atoms with E-state index in [9.17, 15) is 4.79 Å². The minimum Gasteiger partial charge on any atom is -0.351 e. The quantitative estimate of drug-likeness (QED) is 0.555. The lowest BCUT2D eigenvalue weighted by Crippen LogP contribution is -2.07. The zero-order chi connectivity index (χ0) is 18.5. The summed E-state index contributed by atoms with van der Waals surface area (Å²) in [4.78, 5) is 14.7. The first-order chi connectivity index (χ1) is 12.8. The molecule has 1 aromatic carbocycles. The van der Waals surface area contributed by atoms with E-state index >= 15 is 0 Å². The van der Waals surface area contributed by atoms with Gasteiger partial charge in [0.25, 0.3) is 0 Å². The lowest BCUT2D eigenvalue weighted by Gasteiger charge is -2.13. The van der Waals surface area contributed by atoms with E-state index in [0.717, 1.165) is 30.5 Å². The number of hydrogen-bond acceptors (Lipinski definition) is 2. The Balaban J connectivity index is 1.95. The van der Waals surface area contributed by atoms with E-state index in [1.54, 1.807) is 0 Å². The van der Waals surface area contributed by atoms with Crippen LogP contribution in [-0.2, 0) is 4.79 Å². The van der Waals surface area contributed by atoms with Gasteiger partial charge in [-0.2, -0.15) is 0 Å². The molecule has 0 atom stereocenters. The van der Waals surface area contributed by atoms with Crippen LogP contribution in [0.2, 0.25) is 0 Å². The van der Waals surface area contributed by atoms with Crippen LogP contribution in [-0.4, -0.2) is 12.8 Å². The van der Waals surface area contributed by atoms with E-state index in [2.05, 4.69) is 17.0 Å². The number of rotatable bonds is 3. The molecule has 2 heteroatoms. The van der Waals surface area contributed by atoms with Crippen molar-refractivity contribution in [3.8, 4) is 0 Å². The van der Waals surface area contributed by atoms with Crippen molar-refractivity contribution in [2.75, 3.05) is 11.9 Å². The van der Waals surface area contributed by atoms with E-state index in [1.165, 1.54) is 51.4 Å². The molecule has 0 radical (unpaired) electrons. The van der Waals surface area contributed by atoms with Crippen LogP contribution in [0.5, 0.6) is 0 Å². The standard InChI is InChI=1S/C24H35NO/c1-25(23-18-12-10-13-19-23)21-15-17-22-16-11-8-6-4-2-3-5-7-9-14-20-24(22)26/h10,12-13,15,17-19,21H,2-9,11,14,16,20H2,1H3/b21-15+,22-17-. The molecule has 0 N–H and O–H groups in total. The highest BCUT2D eigenvalue weighted by Crippen LogP contribution is 2.18. The fourth-order valence-electron chi connectivity index (χ4n) is 3.53. The highest BCUT2D eigenvalue weighted by atomic mass is 16.1. The predicted molar refractivity (Wildman–Crippen MR) is 112 cm³/mol. The second-order valence-electron chi connectivity index (χ2n) is 7.44. The number of allylic oxidation sites excluding steroid dienone is 3. The molecule has 1 saturated carbocycles. The molecule has 1 aliphatic carbocycles. The maximum absolute atomic E-state index is 12.6. The van der Waals surface area contributed by atoms with Crippen LogP contribution in [0.3, 0.4) is 0 Å². The summed E-state index contributed by atoms with van der Waals surface area (Å²) in [6, 6.07) is 10.3. The number of anilines is 1. The molecule has 1 aromatic rings. The molecule has 0 spiro atoms. The maximum atomic E-state index is 12.6. The summed E-state index contributed by atoms with van der Waals surface area (Å²) in [5.74, 6) is 0.356. The van der Waals surface area contributed by atoms with Crippen molar-refractivity contribution in [3.05, 3.63) is 54.3 Å². The zero-order valence-corrected chi connectivity index (χ0v) is 16.5. The van der Waals surface area contributed by atoms with E-state index in [4.69, 9.17) is 0 Å². The Labute approximate surface area is 160 Å². The van der Waals surface area contributed by atoms with Gasteiger partial charge in [-0.25, -0.2) is 0 Å². The van der Waals surface area contributed by atoms with Gasteiger partial charge in [-0.15, -0.1) is 0 Å². The van der Waals surface area contributed by atoms with Gasteiger partial charge in [-0.05, 0) is 43.0 Å². The van der Waals surface area contributed by atoms with Crippen LogP contribution in [0.1, 0.15) is 77.0 Å². The van der Waals surface area contributed by atoms with Crippen molar-refractivity contribution in [3.63, 3.8) is 0 Å². The van der Waals surface area contributed by atoms with E-state index < -0.39 is 0 Å². The molecule has 1 aliphatic rings. The Hall–Kier alpha value is -1.83. The summed E-state index contributed by atoms with van der Waals surface area (Å²) < 4.78 is 0. The molecule has 142 valence electrons. The largest absolute Gasteiger partial charge is 0.351 e. The molecule has 1 fully saturated rings. The van der Waals surface area contributed by atoms with Crippen LogP contribution < -0.4 is 4.90 Å². The third kappa shape index (κ3) is 8.03. The highest BCUT2D eigenvalue weighted by Gasteiger charge is 2.09. The van der Waals surface area contributed by atoms with Crippen LogP contribution in [0.15, 0.2) is 54.3 Å². The second kappa shape index (κ2) is 12.5. The fraction of sp³-hybridized carbons (Fsp3) is 0.542.